The molecule has 1 atom stereocenters. The maximum atomic E-state index is 13.5. The third-order valence-electron chi connectivity index (χ3n) is 4.82. The molecule has 3 nitrogen and oxygen atoms in total. The number of anilines is 1. The second-order valence-corrected chi connectivity index (χ2v) is 6.29. The molecule has 1 aromatic carbocycles. The van der Waals surface area contributed by atoms with E-state index >= 15 is 0 Å². The molecule has 116 valence electrons. The zero-order chi connectivity index (χ0) is 14.7. The van der Waals surface area contributed by atoms with Crippen molar-refractivity contribution in [2.24, 2.45) is 0 Å². The van der Waals surface area contributed by atoms with Crippen LogP contribution in [0.25, 0.3) is 0 Å². The molecular weight excluding hydrogens is 265 g/mol. The van der Waals surface area contributed by atoms with Gasteiger partial charge in [-0.3, -0.25) is 4.90 Å². The van der Waals surface area contributed by atoms with E-state index < -0.39 is 0 Å². The largest absolute Gasteiger partial charge is 0.370 e. The number of nitrogens with zero attached hydrogens (tertiary/aromatic N) is 2. The van der Waals surface area contributed by atoms with Gasteiger partial charge >= 0.3 is 0 Å². The average Bonchev–Trinajstić information content (AvgIpc) is 2.98. The molecule has 0 amide bonds. The quantitative estimate of drug-likeness (QED) is 0.920. The SMILES string of the molecule is CNCc1cc(F)ccc1N1CCC(N2CCCCC2)C1. The number of hydrogen-bond donors (Lipinski definition) is 1. The highest BCUT2D eigenvalue weighted by molar-refractivity contribution is 5.55. The summed E-state index contributed by atoms with van der Waals surface area (Å²) in [6, 6.07) is 5.88. The standard InChI is InChI=1S/C17H26FN3/c1-19-12-14-11-15(18)5-6-17(14)21-10-7-16(13-21)20-8-3-2-4-9-20/h5-6,11,16,19H,2-4,7-10,12-13H2,1H3. The molecule has 2 heterocycles. The molecule has 0 aliphatic carbocycles. The first kappa shape index (κ1) is 14.8. The highest BCUT2D eigenvalue weighted by Gasteiger charge is 2.29. The minimum absolute atomic E-state index is 0.143. The number of piperidine rings is 1. The second-order valence-electron chi connectivity index (χ2n) is 6.29. The van der Waals surface area contributed by atoms with Crippen LogP contribution in [0.5, 0.6) is 0 Å². The fraction of sp³-hybridized carbons (Fsp3) is 0.647. The zero-order valence-electron chi connectivity index (χ0n) is 12.9. The molecule has 0 spiro atoms. The Morgan fingerprint density at radius 1 is 1.19 bits per heavy atom. The minimum Gasteiger partial charge on any atom is -0.370 e. The van der Waals surface area contributed by atoms with E-state index in [1.165, 1.54) is 44.5 Å². The van der Waals surface area contributed by atoms with E-state index in [2.05, 4.69) is 15.1 Å². The Hall–Kier alpha value is -1.13. The average molecular weight is 291 g/mol. The van der Waals surface area contributed by atoms with E-state index in [-0.39, 0.29) is 5.82 Å². The summed E-state index contributed by atoms with van der Waals surface area (Å²) in [5, 5.41) is 3.15. The van der Waals surface area contributed by atoms with E-state index in [9.17, 15) is 4.39 Å². The number of rotatable bonds is 4. The summed E-state index contributed by atoms with van der Waals surface area (Å²) >= 11 is 0. The summed E-state index contributed by atoms with van der Waals surface area (Å²) in [4.78, 5) is 5.09. The van der Waals surface area contributed by atoms with Crippen molar-refractivity contribution in [1.82, 2.24) is 10.2 Å². The molecule has 1 aromatic rings. The monoisotopic (exact) mass is 291 g/mol. The Labute approximate surface area is 127 Å². The Morgan fingerprint density at radius 2 is 2.00 bits per heavy atom. The van der Waals surface area contributed by atoms with Gasteiger partial charge in [0.05, 0.1) is 0 Å². The van der Waals surface area contributed by atoms with Gasteiger partial charge in [0.2, 0.25) is 0 Å². The molecule has 0 bridgehead atoms. The van der Waals surface area contributed by atoms with Gasteiger partial charge in [0.1, 0.15) is 5.82 Å². The van der Waals surface area contributed by atoms with Gasteiger partial charge in [-0.05, 0) is 63.2 Å². The Bertz CT molecular complexity index is 471. The van der Waals surface area contributed by atoms with E-state index in [4.69, 9.17) is 0 Å². The number of benzene rings is 1. The first-order valence-corrected chi connectivity index (χ1v) is 8.20. The van der Waals surface area contributed by atoms with E-state index in [1.54, 1.807) is 12.1 Å². The van der Waals surface area contributed by atoms with Crippen molar-refractivity contribution >= 4 is 5.69 Å². The summed E-state index contributed by atoms with van der Waals surface area (Å²) in [7, 11) is 1.91. The van der Waals surface area contributed by atoms with Crippen LogP contribution in [-0.4, -0.2) is 44.2 Å². The number of halogens is 1. The number of nitrogens with one attached hydrogen (secondary N) is 1. The lowest BCUT2D eigenvalue weighted by molar-refractivity contribution is 0.175. The summed E-state index contributed by atoms with van der Waals surface area (Å²) in [5.74, 6) is -0.143. The van der Waals surface area contributed by atoms with Gasteiger partial charge in [0.15, 0.2) is 0 Å². The Kier molecular flexibility index (Phi) is 4.76. The van der Waals surface area contributed by atoms with E-state index in [0.29, 0.717) is 6.04 Å². The van der Waals surface area contributed by atoms with Crippen molar-refractivity contribution in [3.63, 3.8) is 0 Å². The van der Waals surface area contributed by atoms with Gasteiger partial charge in [0.25, 0.3) is 0 Å². The molecule has 0 radical (unpaired) electrons. The third-order valence-corrected chi connectivity index (χ3v) is 4.82. The van der Waals surface area contributed by atoms with Crippen molar-refractivity contribution < 1.29 is 4.39 Å². The van der Waals surface area contributed by atoms with Crippen molar-refractivity contribution in [3.8, 4) is 0 Å². The lowest BCUT2D eigenvalue weighted by atomic mass is 10.1. The molecule has 2 aliphatic rings. The fourth-order valence-corrected chi connectivity index (χ4v) is 3.74. The molecule has 2 saturated heterocycles. The Morgan fingerprint density at radius 3 is 2.76 bits per heavy atom. The number of hydrogen-bond acceptors (Lipinski definition) is 3. The summed E-state index contributed by atoms with van der Waals surface area (Å²) < 4.78 is 13.5. The van der Waals surface area contributed by atoms with Crippen molar-refractivity contribution in [2.45, 2.75) is 38.3 Å². The molecule has 2 aliphatic heterocycles. The van der Waals surface area contributed by atoms with Crippen molar-refractivity contribution in [3.05, 3.63) is 29.6 Å². The summed E-state index contributed by atoms with van der Waals surface area (Å²) in [5.41, 5.74) is 2.27. The highest BCUT2D eigenvalue weighted by Crippen LogP contribution is 2.28. The highest BCUT2D eigenvalue weighted by atomic mass is 19.1. The molecule has 0 aromatic heterocycles. The zero-order valence-corrected chi connectivity index (χ0v) is 12.9. The molecular formula is C17H26FN3. The van der Waals surface area contributed by atoms with E-state index in [0.717, 1.165) is 25.2 Å². The second kappa shape index (κ2) is 6.75. The first-order valence-electron chi connectivity index (χ1n) is 8.20. The lowest BCUT2D eigenvalue weighted by Gasteiger charge is -2.32. The van der Waals surface area contributed by atoms with Gasteiger partial charge < -0.3 is 10.2 Å². The van der Waals surface area contributed by atoms with Crippen LogP contribution in [0, 0.1) is 5.82 Å². The summed E-state index contributed by atoms with van der Waals surface area (Å²) in [6.07, 6.45) is 5.31. The maximum Gasteiger partial charge on any atom is 0.123 e. The third kappa shape index (κ3) is 3.38. The number of likely N-dealkylation sites (tertiary alicyclic amines) is 1. The molecule has 3 rings (SSSR count). The van der Waals surface area contributed by atoms with Crippen LogP contribution in [-0.2, 0) is 6.54 Å². The van der Waals surface area contributed by atoms with Crippen LogP contribution >= 0.6 is 0 Å². The molecule has 21 heavy (non-hydrogen) atoms. The maximum absolute atomic E-state index is 13.5. The van der Waals surface area contributed by atoms with Gasteiger partial charge in [-0.25, -0.2) is 4.39 Å². The predicted octanol–water partition coefficient (Wildman–Crippen LogP) is 2.61. The predicted molar refractivity (Wildman–Crippen MR) is 85.2 cm³/mol. The van der Waals surface area contributed by atoms with Gasteiger partial charge in [0, 0.05) is 31.4 Å². The topological polar surface area (TPSA) is 18.5 Å². The van der Waals surface area contributed by atoms with E-state index in [1.807, 2.05) is 13.1 Å². The lowest BCUT2D eigenvalue weighted by Crippen LogP contribution is -2.41. The molecule has 1 unspecified atom stereocenters. The minimum atomic E-state index is -0.143. The van der Waals surface area contributed by atoms with Crippen LogP contribution in [0.2, 0.25) is 0 Å². The first-order chi connectivity index (χ1) is 10.3. The van der Waals surface area contributed by atoms with Gasteiger partial charge in [-0.15, -0.1) is 0 Å². The molecule has 4 heteroatoms. The molecule has 1 N–H and O–H groups in total. The van der Waals surface area contributed by atoms with Crippen LogP contribution in [0.15, 0.2) is 18.2 Å². The molecule has 2 fully saturated rings. The smallest absolute Gasteiger partial charge is 0.123 e. The van der Waals surface area contributed by atoms with Gasteiger partial charge in [-0.2, -0.15) is 0 Å². The van der Waals surface area contributed by atoms with Crippen molar-refractivity contribution in [1.29, 1.82) is 0 Å². The summed E-state index contributed by atoms with van der Waals surface area (Å²) in [6.45, 7) is 5.40. The Balaban J connectivity index is 1.70. The van der Waals surface area contributed by atoms with Gasteiger partial charge in [-0.1, -0.05) is 6.42 Å². The normalized spacial score (nSPS) is 23.7. The van der Waals surface area contributed by atoms with Crippen LogP contribution in [0.4, 0.5) is 10.1 Å². The van der Waals surface area contributed by atoms with Crippen LogP contribution in [0.1, 0.15) is 31.2 Å². The molecule has 0 saturated carbocycles. The van der Waals surface area contributed by atoms with Crippen LogP contribution < -0.4 is 10.2 Å². The van der Waals surface area contributed by atoms with Crippen molar-refractivity contribution in [2.75, 3.05) is 38.1 Å². The van der Waals surface area contributed by atoms with Crippen LogP contribution in [0.3, 0.4) is 0 Å². The fourth-order valence-electron chi connectivity index (χ4n) is 3.74.